The van der Waals surface area contributed by atoms with Gasteiger partial charge in [0.15, 0.2) is 0 Å². The highest BCUT2D eigenvalue weighted by Crippen LogP contribution is 2.40. The molecule has 0 amide bonds. The number of rotatable bonds is 5. The minimum atomic E-state index is -0.804. The number of hydrogen-bond donors (Lipinski definition) is 1. The van der Waals surface area contributed by atoms with E-state index in [9.17, 15) is 9.90 Å². The standard InChI is InChI=1S/C19H28O3/c1-5-18(2,3)17(20)22-16-12-10-15(11-13-16)19(4,21)14-8-6-7-9-14/h10-14,21H,5-9H2,1-4H3. The van der Waals surface area contributed by atoms with Crippen molar-refractivity contribution < 1.29 is 14.6 Å². The summed E-state index contributed by atoms with van der Waals surface area (Å²) in [6, 6.07) is 7.31. The van der Waals surface area contributed by atoms with Gasteiger partial charge in [0, 0.05) is 0 Å². The van der Waals surface area contributed by atoms with Crippen LogP contribution in [-0.4, -0.2) is 11.1 Å². The van der Waals surface area contributed by atoms with Gasteiger partial charge in [0.05, 0.1) is 11.0 Å². The first-order chi connectivity index (χ1) is 10.3. The van der Waals surface area contributed by atoms with E-state index in [0.29, 0.717) is 11.7 Å². The van der Waals surface area contributed by atoms with Crippen molar-refractivity contribution >= 4 is 5.97 Å². The molecule has 0 radical (unpaired) electrons. The highest BCUT2D eigenvalue weighted by molar-refractivity contribution is 5.78. The summed E-state index contributed by atoms with van der Waals surface area (Å²) in [4.78, 5) is 12.1. The number of benzene rings is 1. The normalized spacial score (nSPS) is 19.0. The molecule has 3 nitrogen and oxygen atoms in total. The van der Waals surface area contributed by atoms with Crippen LogP contribution in [0.1, 0.15) is 65.4 Å². The first-order valence-corrected chi connectivity index (χ1v) is 8.32. The fourth-order valence-corrected chi connectivity index (χ4v) is 2.97. The summed E-state index contributed by atoms with van der Waals surface area (Å²) in [6.45, 7) is 7.64. The van der Waals surface area contributed by atoms with Gasteiger partial charge in [0.2, 0.25) is 0 Å². The van der Waals surface area contributed by atoms with Crippen molar-refractivity contribution in [3.05, 3.63) is 29.8 Å². The third-order valence-corrected chi connectivity index (χ3v) is 5.24. The Morgan fingerprint density at radius 2 is 1.73 bits per heavy atom. The zero-order chi connectivity index (χ0) is 16.4. The van der Waals surface area contributed by atoms with Crippen LogP contribution in [0.25, 0.3) is 0 Å². The molecule has 1 atom stereocenters. The SMILES string of the molecule is CCC(C)(C)C(=O)Oc1ccc(C(C)(O)C2CCCC2)cc1. The highest BCUT2D eigenvalue weighted by Gasteiger charge is 2.35. The Morgan fingerprint density at radius 3 is 2.23 bits per heavy atom. The first kappa shape index (κ1) is 17.0. The largest absolute Gasteiger partial charge is 0.426 e. The van der Waals surface area contributed by atoms with E-state index < -0.39 is 11.0 Å². The van der Waals surface area contributed by atoms with Crippen molar-refractivity contribution in [2.45, 2.75) is 65.4 Å². The summed E-state index contributed by atoms with van der Waals surface area (Å²) in [5.41, 5.74) is -0.385. The zero-order valence-electron chi connectivity index (χ0n) is 14.2. The van der Waals surface area contributed by atoms with E-state index in [4.69, 9.17) is 4.74 Å². The third-order valence-electron chi connectivity index (χ3n) is 5.24. The van der Waals surface area contributed by atoms with Gasteiger partial charge in [-0.05, 0) is 63.6 Å². The van der Waals surface area contributed by atoms with Crippen LogP contribution in [0, 0.1) is 11.3 Å². The Balaban J connectivity index is 2.08. The first-order valence-electron chi connectivity index (χ1n) is 8.32. The minimum absolute atomic E-state index is 0.217. The molecule has 1 saturated carbocycles. The smallest absolute Gasteiger partial charge is 0.316 e. The number of carbonyl (C=O) groups is 1. The number of hydrogen-bond acceptors (Lipinski definition) is 3. The second-order valence-electron chi connectivity index (χ2n) is 7.28. The van der Waals surface area contributed by atoms with Crippen molar-refractivity contribution in [3.63, 3.8) is 0 Å². The van der Waals surface area contributed by atoms with E-state index in [1.54, 1.807) is 12.1 Å². The molecular formula is C19H28O3. The van der Waals surface area contributed by atoms with Crippen molar-refractivity contribution in [2.75, 3.05) is 0 Å². The molecular weight excluding hydrogens is 276 g/mol. The number of esters is 1. The Labute approximate surface area is 133 Å². The van der Waals surface area contributed by atoms with E-state index in [1.807, 2.05) is 39.8 Å². The van der Waals surface area contributed by atoms with Gasteiger partial charge in [-0.1, -0.05) is 31.9 Å². The van der Waals surface area contributed by atoms with Gasteiger partial charge in [-0.3, -0.25) is 4.79 Å². The maximum Gasteiger partial charge on any atom is 0.316 e. The molecule has 0 aromatic heterocycles. The second-order valence-corrected chi connectivity index (χ2v) is 7.28. The summed E-state index contributed by atoms with van der Waals surface area (Å²) in [5.74, 6) is 0.641. The lowest BCUT2D eigenvalue weighted by atomic mass is 9.82. The summed E-state index contributed by atoms with van der Waals surface area (Å²) in [5, 5.41) is 10.8. The van der Waals surface area contributed by atoms with Gasteiger partial charge in [-0.15, -0.1) is 0 Å². The maximum absolute atomic E-state index is 12.1. The topological polar surface area (TPSA) is 46.5 Å². The van der Waals surface area contributed by atoms with Crippen LogP contribution >= 0.6 is 0 Å². The molecule has 0 saturated heterocycles. The number of carbonyl (C=O) groups excluding carboxylic acids is 1. The number of aliphatic hydroxyl groups is 1. The maximum atomic E-state index is 12.1. The number of ether oxygens (including phenoxy) is 1. The fraction of sp³-hybridized carbons (Fsp3) is 0.632. The Kier molecular flexibility index (Phi) is 4.96. The summed E-state index contributed by atoms with van der Waals surface area (Å²) in [6.07, 6.45) is 5.29. The van der Waals surface area contributed by atoms with Crippen LogP contribution in [0.4, 0.5) is 0 Å². The van der Waals surface area contributed by atoms with Gasteiger partial charge in [-0.25, -0.2) is 0 Å². The molecule has 3 heteroatoms. The molecule has 1 aromatic carbocycles. The van der Waals surface area contributed by atoms with E-state index in [0.717, 1.165) is 24.8 Å². The van der Waals surface area contributed by atoms with E-state index in [-0.39, 0.29) is 5.97 Å². The van der Waals surface area contributed by atoms with E-state index in [2.05, 4.69) is 0 Å². The van der Waals surface area contributed by atoms with Crippen LogP contribution in [-0.2, 0) is 10.4 Å². The molecule has 0 heterocycles. The van der Waals surface area contributed by atoms with Crippen molar-refractivity contribution in [3.8, 4) is 5.75 Å². The third kappa shape index (κ3) is 3.52. The monoisotopic (exact) mass is 304 g/mol. The second kappa shape index (κ2) is 6.41. The van der Waals surface area contributed by atoms with Gasteiger partial charge in [0.25, 0.3) is 0 Å². The molecule has 22 heavy (non-hydrogen) atoms. The molecule has 0 spiro atoms. The molecule has 1 N–H and O–H groups in total. The predicted molar refractivity (Wildman–Crippen MR) is 87.7 cm³/mol. The van der Waals surface area contributed by atoms with Crippen molar-refractivity contribution in [1.82, 2.24) is 0 Å². The Morgan fingerprint density at radius 1 is 1.18 bits per heavy atom. The predicted octanol–water partition coefficient (Wildman–Crippen LogP) is 4.43. The van der Waals surface area contributed by atoms with Crippen molar-refractivity contribution in [2.24, 2.45) is 11.3 Å². The lowest BCUT2D eigenvalue weighted by Gasteiger charge is -2.30. The molecule has 1 aliphatic carbocycles. The summed E-state index contributed by atoms with van der Waals surface area (Å²) in [7, 11) is 0. The van der Waals surface area contributed by atoms with Gasteiger partial charge in [-0.2, -0.15) is 0 Å². The summed E-state index contributed by atoms with van der Waals surface area (Å²) < 4.78 is 5.44. The van der Waals surface area contributed by atoms with Crippen molar-refractivity contribution in [1.29, 1.82) is 0 Å². The molecule has 2 rings (SSSR count). The van der Waals surface area contributed by atoms with Crippen LogP contribution < -0.4 is 4.74 Å². The average Bonchev–Trinajstić information content (AvgIpc) is 3.02. The van der Waals surface area contributed by atoms with Gasteiger partial charge in [0.1, 0.15) is 5.75 Å². The minimum Gasteiger partial charge on any atom is -0.426 e. The van der Waals surface area contributed by atoms with Crippen LogP contribution in [0.5, 0.6) is 5.75 Å². The molecule has 0 aliphatic heterocycles. The zero-order valence-corrected chi connectivity index (χ0v) is 14.2. The quantitative estimate of drug-likeness (QED) is 0.647. The van der Waals surface area contributed by atoms with Crippen LogP contribution in [0.15, 0.2) is 24.3 Å². The van der Waals surface area contributed by atoms with Gasteiger partial charge < -0.3 is 9.84 Å². The molecule has 1 unspecified atom stereocenters. The Hall–Kier alpha value is -1.35. The van der Waals surface area contributed by atoms with E-state index in [1.165, 1.54) is 12.8 Å². The highest BCUT2D eigenvalue weighted by atomic mass is 16.5. The molecule has 0 bridgehead atoms. The molecule has 122 valence electrons. The van der Waals surface area contributed by atoms with Gasteiger partial charge >= 0.3 is 5.97 Å². The van der Waals surface area contributed by atoms with E-state index >= 15 is 0 Å². The Bertz CT molecular complexity index is 508. The lowest BCUT2D eigenvalue weighted by Crippen LogP contribution is -2.30. The lowest BCUT2D eigenvalue weighted by molar-refractivity contribution is -0.144. The van der Waals surface area contributed by atoms with Crippen LogP contribution in [0.2, 0.25) is 0 Å². The molecule has 1 fully saturated rings. The molecule has 1 aliphatic rings. The molecule has 1 aromatic rings. The van der Waals surface area contributed by atoms with Crippen LogP contribution in [0.3, 0.4) is 0 Å². The fourth-order valence-electron chi connectivity index (χ4n) is 2.97. The summed E-state index contributed by atoms with van der Waals surface area (Å²) >= 11 is 0. The average molecular weight is 304 g/mol.